The second-order valence-corrected chi connectivity index (χ2v) is 5.67. The molecule has 0 aromatic carbocycles. The summed E-state index contributed by atoms with van der Waals surface area (Å²) < 4.78 is 0. The predicted molar refractivity (Wildman–Crippen MR) is 88.3 cm³/mol. The lowest BCUT2D eigenvalue weighted by Crippen LogP contribution is -1.98. The fourth-order valence-corrected chi connectivity index (χ4v) is 2.62. The zero-order valence-electron chi connectivity index (χ0n) is 12.9. The fraction of sp³-hybridized carbons (Fsp3) is 0.778. The summed E-state index contributed by atoms with van der Waals surface area (Å²) in [5.74, 6) is 0.784. The van der Waals surface area contributed by atoms with E-state index >= 15 is 0 Å². The van der Waals surface area contributed by atoms with Gasteiger partial charge in [0.1, 0.15) is 0 Å². The van der Waals surface area contributed by atoms with E-state index in [0.717, 1.165) is 25.3 Å². The van der Waals surface area contributed by atoms with E-state index in [-0.39, 0.29) is 0 Å². The summed E-state index contributed by atoms with van der Waals surface area (Å²) in [4.78, 5) is 0. The van der Waals surface area contributed by atoms with E-state index < -0.39 is 0 Å². The molecule has 0 bridgehead atoms. The van der Waals surface area contributed by atoms with E-state index in [1.807, 2.05) is 0 Å². The standard InChI is InChI=1S/C18H35N/c1-3-14-18(15-4-2)16-12-10-8-6-5-7-9-11-13-17-19/h3-4,18H,1-2,5-17,19H2. The van der Waals surface area contributed by atoms with Crippen LogP contribution < -0.4 is 5.73 Å². The minimum absolute atomic E-state index is 0.784. The Morgan fingerprint density at radius 1 is 0.684 bits per heavy atom. The van der Waals surface area contributed by atoms with E-state index in [0.29, 0.717) is 0 Å². The molecule has 1 nitrogen and oxygen atoms in total. The third-order valence-corrected chi connectivity index (χ3v) is 3.82. The van der Waals surface area contributed by atoms with Gasteiger partial charge in [0.15, 0.2) is 0 Å². The first-order valence-corrected chi connectivity index (χ1v) is 8.27. The van der Waals surface area contributed by atoms with Crippen LogP contribution in [0.3, 0.4) is 0 Å². The summed E-state index contributed by atoms with van der Waals surface area (Å²) >= 11 is 0. The second kappa shape index (κ2) is 15.5. The van der Waals surface area contributed by atoms with Gasteiger partial charge in [-0.25, -0.2) is 0 Å². The number of hydrogen-bond acceptors (Lipinski definition) is 1. The van der Waals surface area contributed by atoms with Gasteiger partial charge in [-0.05, 0) is 38.1 Å². The largest absolute Gasteiger partial charge is 0.330 e. The molecule has 0 saturated heterocycles. The van der Waals surface area contributed by atoms with Crippen LogP contribution in [-0.2, 0) is 0 Å². The van der Waals surface area contributed by atoms with Crippen LogP contribution in [0.5, 0.6) is 0 Å². The fourth-order valence-electron chi connectivity index (χ4n) is 2.62. The Hall–Kier alpha value is -0.560. The summed E-state index contributed by atoms with van der Waals surface area (Å²) in [5.41, 5.74) is 5.48. The summed E-state index contributed by atoms with van der Waals surface area (Å²) in [7, 11) is 0. The van der Waals surface area contributed by atoms with Crippen molar-refractivity contribution in [3.05, 3.63) is 25.3 Å². The highest BCUT2D eigenvalue weighted by molar-refractivity contribution is 4.79. The molecule has 0 atom stereocenters. The van der Waals surface area contributed by atoms with E-state index in [9.17, 15) is 0 Å². The molecule has 0 heterocycles. The van der Waals surface area contributed by atoms with E-state index in [2.05, 4.69) is 25.3 Å². The van der Waals surface area contributed by atoms with Gasteiger partial charge in [-0.3, -0.25) is 0 Å². The summed E-state index contributed by atoms with van der Waals surface area (Å²) in [5, 5.41) is 0. The van der Waals surface area contributed by atoms with Gasteiger partial charge in [0, 0.05) is 0 Å². The van der Waals surface area contributed by atoms with Crippen LogP contribution in [-0.4, -0.2) is 6.54 Å². The Balaban J connectivity index is 3.24. The maximum absolute atomic E-state index is 5.48. The topological polar surface area (TPSA) is 26.0 Å². The minimum atomic E-state index is 0.784. The highest BCUT2D eigenvalue weighted by Crippen LogP contribution is 2.19. The van der Waals surface area contributed by atoms with Crippen molar-refractivity contribution >= 4 is 0 Å². The molecule has 1 heteroatoms. The van der Waals surface area contributed by atoms with Crippen LogP contribution in [0.1, 0.15) is 77.0 Å². The Labute approximate surface area is 121 Å². The van der Waals surface area contributed by atoms with E-state index in [1.165, 1.54) is 64.2 Å². The molecular weight excluding hydrogens is 230 g/mol. The first kappa shape index (κ1) is 18.4. The Morgan fingerprint density at radius 3 is 1.53 bits per heavy atom. The van der Waals surface area contributed by atoms with Gasteiger partial charge in [-0.15, -0.1) is 13.2 Å². The monoisotopic (exact) mass is 265 g/mol. The van der Waals surface area contributed by atoms with Gasteiger partial charge in [0.2, 0.25) is 0 Å². The molecule has 0 aliphatic carbocycles. The molecule has 0 spiro atoms. The van der Waals surface area contributed by atoms with Gasteiger partial charge >= 0.3 is 0 Å². The zero-order chi connectivity index (χ0) is 14.2. The maximum Gasteiger partial charge on any atom is -0.00773 e. The lowest BCUT2D eigenvalue weighted by Gasteiger charge is -2.12. The lowest BCUT2D eigenvalue weighted by molar-refractivity contribution is 0.457. The van der Waals surface area contributed by atoms with Crippen molar-refractivity contribution in [2.75, 3.05) is 6.54 Å². The van der Waals surface area contributed by atoms with Crippen molar-refractivity contribution in [1.82, 2.24) is 0 Å². The van der Waals surface area contributed by atoms with Crippen molar-refractivity contribution in [1.29, 1.82) is 0 Å². The number of hydrogen-bond donors (Lipinski definition) is 1. The summed E-state index contributed by atoms with van der Waals surface area (Å²) in [6, 6.07) is 0. The molecule has 0 aliphatic rings. The van der Waals surface area contributed by atoms with E-state index in [1.54, 1.807) is 0 Å². The molecule has 112 valence electrons. The predicted octanol–water partition coefficient (Wildman–Crippen LogP) is 5.61. The molecule has 0 radical (unpaired) electrons. The smallest absolute Gasteiger partial charge is 0.00773 e. The molecule has 0 fully saturated rings. The van der Waals surface area contributed by atoms with Crippen LogP contribution in [0.15, 0.2) is 25.3 Å². The minimum Gasteiger partial charge on any atom is -0.330 e. The molecule has 19 heavy (non-hydrogen) atoms. The van der Waals surface area contributed by atoms with Gasteiger partial charge in [0.05, 0.1) is 0 Å². The SMILES string of the molecule is C=CCC(CC=C)CCCCCCCCCCCN. The van der Waals surface area contributed by atoms with Crippen molar-refractivity contribution in [2.24, 2.45) is 11.7 Å². The van der Waals surface area contributed by atoms with E-state index in [4.69, 9.17) is 5.73 Å². The van der Waals surface area contributed by atoms with Gasteiger partial charge in [-0.1, -0.05) is 63.5 Å². The van der Waals surface area contributed by atoms with Crippen LogP contribution in [0, 0.1) is 5.92 Å². The molecule has 0 aromatic rings. The Kier molecular flexibility index (Phi) is 15.0. The van der Waals surface area contributed by atoms with Crippen molar-refractivity contribution in [3.63, 3.8) is 0 Å². The van der Waals surface area contributed by atoms with Gasteiger partial charge in [0.25, 0.3) is 0 Å². The normalized spacial score (nSPS) is 10.8. The molecule has 2 N–H and O–H groups in total. The quantitative estimate of drug-likeness (QED) is 0.302. The summed E-state index contributed by atoms with van der Waals surface area (Å²) in [6.07, 6.45) is 20.0. The molecule has 0 amide bonds. The highest BCUT2D eigenvalue weighted by atomic mass is 14.5. The third-order valence-electron chi connectivity index (χ3n) is 3.82. The Bertz CT molecular complexity index is 188. The zero-order valence-corrected chi connectivity index (χ0v) is 12.9. The number of allylic oxidation sites excluding steroid dienone is 2. The average Bonchev–Trinajstić information content (AvgIpc) is 2.41. The second-order valence-electron chi connectivity index (χ2n) is 5.67. The molecule has 0 aromatic heterocycles. The lowest BCUT2D eigenvalue weighted by atomic mass is 9.94. The first-order valence-electron chi connectivity index (χ1n) is 8.27. The van der Waals surface area contributed by atoms with Crippen LogP contribution in [0.4, 0.5) is 0 Å². The maximum atomic E-state index is 5.48. The first-order chi connectivity index (χ1) is 9.35. The number of unbranched alkanes of at least 4 members (excludes halogenated alkanes) is 8. The van der Waals surface area contributed by atoms with Crippen LogP contribution in [0.25, 0.3) is 0 Å². The highest BCUT2D eigenvalue weighted by Gasteiger charge is 2.04. The molecule has 0 unspecified atom stereocenters. The average molecular weight is 265 g/mol. The molecule has 0 rings (SSSR count). The van der Waals surface area contributed by atoms with Crippen molar-refractivity contribution in [2.45, 2.75) is 77.0 Å². The molecule has 0 saturated carbocycles. The Morgan fingerprint density at radius 2 is 1.11 bits per heavy atom. The summed E-state index contributed by atoms with van der Waals surface area (Å²) in [6.45, 7) is 8.54. The van der Waals surface area contributed by atoms with Crippen molar-refractivity contribution < 1.29 is 0 Å². The van der Waals surface area contributed by atoms with Gasteiger partial charge in [-0.2, -0.15) is 0 Å². The van der Waals surface area contributed by atoms with Crippen LogP contribution >= 0.6 is 0 Å². The van der Waals surface area contributed by atoms with Gasteiger partial charge < -0.3 is 5.73 Å². The number of nitrogens with two attached hydrogens (primary N) is 1. The molecule has 0 aliphatic heterocycles. The van der Waals surface area contributed by atoms with Crippen LogP contribution in [0.2, 0.25) is 0 Å². The molecular formula is C18H35N. The van der Waals surface area contributed by atoms with Crippen molar-refractivity contribution in [3.8, 4) is 0 Å². The number of rotatable bonds is 15. The third kappa shape index (κ3) is 13.7.